The van der Waals surface area contributed by atoms with Gasteiger partial charge in [-0.05, 0) is 13.0 Å². The van der Waals surface area contributed by atoms with Crippen molar-refractivity contribution in [2.45, 2.75) is 13.5 Å². The smallest absolute Gasteiger partial charge is 0.251 e. The number of carbonyl (C=O) groups is 1. The average Bonchev–Trinajstić information content (AvgIpc) is 2.73. The molecule has 0 aliphatic carbocycles. The number of nitrogens with zero attached hydrogens (tertiary/aromatic N) is 1. The first-order valence-corrected chi connectivity index (χ1v) is 6.29. The van der Waals surface area contributed by atoms with Gasteiger partial charge >= 0.3 is 0 Å². The van der Waals surface area contributed by atoms with Crippen LogP contribution >= 0.6 is 11.3 Å². The molecule has 0 bridgehead atoms. The minimum atomic E-state index is -0.972. The minimum absolute atomic E-state index is 0.0147. The Morgan fingerprint density at radius 1 is 1.42 bits per heavy atom. The van der Waals surface area contributed by atoms with Gasteiger partial charge in [-0.2, -0.15) is 0 Å². The number of nitrogens with two attached hydrogens (primary N) is 1. The lowest BCUT2D eigenvalue weighted by atomic mass is 10.1. The molecule has 1 aromatic heterocycles. The van der Waals surface area contributed by atoms with Crippen molar-refractivity contribution < 1.29 is 13.6 Å². The van der Waals surface area contributed by atoms with Gasteiger partial charge in [-0.1, -0.05) is 0 Å². The molecule has 0 aliphatic rings. The van der Waals surface area contributed by atoms with Gasteiger partial charge in [-0.15, -0.1) is 11.3 Å². The summed E-state index contributed by atoms with van der Waals surface area (Å²) in [6.07, 6.45) is 0. The molecule has 0 spiro atoms. The molecule has 1 aromatic carbocycles. The number of carbonyl (C=O) groups excluding carboxylic acids is 1. The van der Waals surface area contributed by atoms with Crippen LogP contribution in [0.1, 0.15) is 21.1 Å². The minimum Gasteiger partial charge on any atom is -0.377 e. The van der Waals surface area contributed by atoms with Crippen LogP contribution in [-0.4, -0.2) is 10.9 Å². The van der Waals surface area contributed by atoms with Crippen LogP contribution in [0.4, 0.5) is 14.5 Å². The quantitative estimate of drug-likeness (QED) is 0.905. The normalized spacial score (nSPS) is 10.5. The van der Waals surface area contributed by atoms with Crippen LogP contribution in [0.2, 0.25) is 0 Å². The Bertz CT molecular complexity index is 627. The summed E-state index contributed by atoms with van der Waals surface area (Å²) in [7, 11) is 0. The number of rotatable bonds is 4. The zero-order valence-corrected chi connectivity index (χ0v) is 10.9. The molecular formula is C12H11F2N3OS. The summed E-state index contributed by atoms with van der Waals surface area (Å²) in [5, 5.41) is 5.49. The first-order chi connectivity index (χ1) is 8.97. The van der Waals surface area contributed by atoms with E-state index in [1.165, 1.54) is 11.3 Å². The fraction of sp³-hybridized carbons (Fsp3) is 0.167. The van der Waals surface area contributed by atoms with Crippen LogP contribution in [-0.2, 0) is 6.54 Å². The number of hydrogen-bond acceptors (Lipinski definition) is 4. The van der Waals surface area contributed by atoms with Crippen LogP contribution in [0, 0.1) is 18.6 Å². The maximum absolute atomic E-state index is 13.5. The molecule has 0 unspecified atom stereocenters. The second-order valence-corrected chi connectivity index (χ2v) is 4.95. The van der Waals surface area contributed by atoms with Gasteiger partial charge in [-0.25, -0.2) is 13.8 Å². The number of aromatic nitrogens is 1. The lowest BCUT2D eigenvalue weighted by Gasteiger charge is -2.08. The molecule has 2 rings (SSSR count). The molecule has 0 atom stereocenters. The highest BCUT2D eigenvalue weighted by molar-refractivity contribution is 7.09. The number of hydrogen-bond donors (Lipinski definition) is 2. The van der Waals surface area contributed by atoms with Crippen molar-refractivity contribution in [2.75, 3.05) is 5.32 Å². The summed E-state index contributed by atoms with van der Waals surface area (Å²) in [6.45, 7) is 2.14. The zero-order valence-electron chi connectivity index (χ0n) is 10.0. The molecule has 1 heterocycles. The second kappa shape index (κ2) is 5.31. The standard InChI is InChI=1S/C12H11F2N3OS/c1-6-17-7(5-19-6)4-16-11-2-8(12(15)18)9(13)3-10(11)14/h2-3,5,16H,4H2,1H3,(H2,15,18). The van der Waals surface area contributed by atoms with Crippen LogP contribution in [0.25, 0.3) is 0 Å². The van der Waals surface area contributed by atoms with Crippen LogP contribution in [0.5, 0.6) is 0 Å². The van der Waals surface area contributed by atoms with Crippen molar-refractivity contribution >= 4 is 22.9 Å². The van der Waals surface area contributed by atoms with Crippen LogP contribution in [0.15, 0.2) is 17.5 Å². The van der Waals surface area contributed by atoms with Gasteiger partial charge in [0.15, 0.2) is 0 Å². The fourth-order valence-corrected chi connectivity index (χ4v) is 2.16. The van der Waals surface area contributed by atoms with E-state index >= 15 is 0 Å². The second-order valence-electron chi connectivity index (χ2n) is 3.89. The van der Waals surface area contributed by atoms with Gasteiger partial charge in [0.2, 0.25) is 0 Å². The number of benzene rings is 1. The van der Waals surface area contributed by atoms with Gasteiger partial charge in [0.25, 0.3) is 5.91 Å². The lowest BCUT2D eigenvalue weighted by molar-refractivity contribution is 0.0996. The molecule has 0 radical (unpaired) electrons. The van der Waals surface area contributed by atoms with Crippen molar-refractivity contribution in [1.82, 2.24) is 4.98 Å². The molecule has 0 saturated heterocycles. The monoisotopic (exact) mass is 283 g/mol. The summed E-state index contributed by atoms with van der Waals surface area (Å²) in [6, 6.07) is 1.70. The van der Waals surface area contributed by atoms with Crippen LogP contribution < -0.4 is 11.1 Å². The third-order valence-electron chi connectivity index (χ3n) is 2.45. The highest BCUT2D eigenvalue weighted by Gasteiger charge is 2.13. The molecule has 1 amide bonds. The Morgan fingerprint density at radius 2 is 2.16 bits per heavy atom. The average molecular weight is 283 g/mol. The number of aryl methyl sites for hydroxylation is 1. The number of nitrogens with one attached hydrogen (secondary N) is 1. The molecule has 2 aromatic rings. The van der Waals surface area contributed by atoms with E-state index in [4.69, 9.17) is 5.73 Å². The van der Waals surface area contributed by atoms with Crippen molar-refractivity contribution in [3.05, 3.63) is 45.4 Å². The Hall–Kier alpha value is -2.02. The molecule has 100 valence electrons. The van der Waals surface area contributed by atoms with Gasteiger partial charge in [0.1, 0.15) is 11.6 Å². The third-order valence-corrected chi connectivity index (χ3v) is 3.27. The van der Waals surface area contributed by atoms with E-state index in [2.05, 4.69) is 10.3 Å². The molecular weight excluding hydrogens is 272 g/mol. The molecule has 4 nitrogen and oxygen atoms in total. The highest BCUT2D eigenvalue weighted by atomic mass is 32.1. The zero-order chi connectivity index (χ0) is 14.0. The van der Waals surface area contributed by atoms with Crippen molar-refractivity contribution in [3.8, 4) is 0 Å². The Balaban J connectivity index is 2.20. The summed E-state index contributed by atoms with van der Waals surface area (Å²) < 4.78 is 26.8. The van der Waals surface area contributed by atoms with Crippen molar-refractivity contribution in [2.24, 2.45) is 5.73 Å². The van der Waals surface area contributed by atoms with E-state index in [0.717, 1.165) is 16.8 Å². The summed E-state index contributed by atoms with van der Waals surface area (Å²) in [5.41, 5.74) is 5.41. The van der Waals surface area contributed by atoms with Gasteiger partial charge in [-0.3, -0.25) is 4.79 Å². The van der Waals surface area contributed by atoms with Gasteiger partial charge in [0, 0.05) is 11.4 Å². The van der Waals surface area contributed by atoms with Crippen molar-refractivity contribution in [1.29, 1.82) is 0 Å². The lowest BCUT2D eigenvalue weighted by Crippen LogP contribution is -2.14. The van der Waals surface area contributed by atoms with Gasteiger partial charge < -0.3 is 11.1 Å². The maximum Gasteiger partial charge on any atom is 0.251 e. The largest absolute Gasteiger partial charge is 0.377 e. The van der Waals surface area contributed by atoms with E-state index in [1.54, 1.807) is 0 Å². The molecule has 19 heavy (non-hydrogen) atoms. The predicted octanol–water partition coefficient (Wildman–Crippen LogP) is 2.44. The SMILES string of the molecule is Cc1nc(CNc2cc(C(N)=O)c(F)cc2F)cs1. The molecule has 3 N–H and O–H groups in total. The van der Waals surface area contributed by atoms with E-state index in [0.29, 0.717) is 6.07 Å². The highest BCUT2D eigenvalue weighted by Crippen LogP contribution is 2.20. The number of thiazole rings is 1. The first kappa shape index (κ1) is 13.4. The van der Waals surface area contributed by atoms with E-state index in [9.17, 15) is 13.6 Å². The molecule has 0 fully saturated rings. The summed E-state index contributed by atoms with van der Waals surface area (Å²) in [5.74, 6) is -2.69. The van der Waals surface area contributed by atoms with E-state index < -0.39 is 17.5 Å². The fourth-order valence-electron chi connectivity index (χ4n) is 1.55. The Kier molecular flexibility index (Phi) is 3.75. The van der Waals surface area contributed by atoms with Crippen molar-refractivity contribution in [3.63, 3.8) is 0 Å². The molecule has 0 aliphatic heterocycles. The third kappa shape index (κ3) is 3.05. The Labute approximate surface area is 112 Å². The molecule has 7 heteroatoms. The number of primary amides is 1. The van der Waals surface area contributed by atoms with Crippen LogP contribution in [0.3, 0.4) is 0 Å². The van der Waals surface area contributed by atoms with Gasteiger partial charge in [0.05, 0.1) is 28.5 Å². The predicted molar refractivity (Wildman–Crippen MR) is 69.1 cm³/mol. The summed E-state index contributed by atoms with van der Waals surface area (Å²) >= 11 is 1.48. The Morgan fingerprint density at radius 3 is 2.74 bits per heavy atom. The first-order valence-electron chi connectivity index (χ1n) is 5.41. The van der Waals surface area contributed by atoms with E-state index in [1.807, 2.05) is 12.3 Å². The van der Waals surface area contributed by atoms with E-state index in [-0.39, 0.29) is 17.8 Å². The topological polar surface area (TPSA) is 68.0 Å². The summed E-state index contributed by atoms with van der Waals surface area (Å²) in [4.78, 5) is 15.2. The molecule has 0 saturated carbocycles. The number of amides is 1. The number of anilines is 1. The maximum atomic E-state index is 13.5. The number of halogens is 2.